The zero-order valence-electron chi connectivity index (χ0n) is 6.92. The molecule has 0 saturated heterocycles. The molecule has 3 unspecified atom stereocenters. The maximum absolute atomic E-state index is 10.3. The van der Waals surface area contributed by atoms with Crippen molar-refractivity contribution < 1.29 is 39.0 Å². The molecule has 0 aromatic carbocycles. The molecule has 0 radical (unpaired) electrons. The van der Waals surface area contributed by atoms with Gasteiger partial charge in [0.2, 0.25) is 0 Å². The van der Waals surface area contributed by atoms with Crippen LogP contribution in [0.4, 0.5) is 0 Å². The quantitative estimate of drug-likeness (QED) is 0.246. The molecule has 0 heterocycles. The lowest BCUT2D eigenvalue weighted by Crippen LogP contribution is -2.41. The normalized spacial score (nSPS) is 18.6. The lowest BCUT2D eigenvalue weighted by atomic mass is 10.1. The Kier molecular flexibility index (Phi) is 5.38. The van der Waals surface area contributed by atoms with E-state index < -0.39 is 32.7 Å². The minimum absolute atomic E-state index is 0.0453. The predicted molar refractivity (Wildman–Crippen MR) is 42.1 cm³/mol. The molecule has 0 aromatic heterocycles. The summed E-state index contributed by atoms with van der Waals surface area (Å²) in [6, 6.07) is 0. The number of aliphatic hydroxyl groups is 3. The molecule has 0 spiro atoms. The molecule has 0 saturated carbocycles. The van der Waals surface area contributed by atoms with E-state index in [-0.39, 0.29) is 6.29 Å². The number of rotatable bonds is 6. The van der Waals surface area contributed by atoms with Gasteiger partial charge in [-0.3, -0.25) is 4.52 Å². The fraction of sp³-hybridized carbons (Fsp3) is 0.800. The van der Waals surface area contributed by atoms with Gasteiger partial charge in [0, 0.05) is 0 Å². The van der Waals surface area contributed by atoms with Gasteiger partial charge >= 0.3 is 7.82 Å². The van der Waals surface area contributed by atoms with Gasteiger partial charge in [-0.15, -0.1) is 0 Å². The third kappa shape index (κ3) is 4.77. The minimum Gasteiger partial charge on any atom is -0.394 e. The maximum Gasteiger partial charge on any atom is 0.470 e. The van der Waals surface area contributed by atoms with Crippen molar-refractivity contribution in [3.05, 3.63) is 0 Å². The van der Waals surface area contributed by atoms with Crippen molar-refractivity contribution in [1.82, 2.24) is 0 Å². The van der Waals surface area contributed by atoms with E-state index in [1.165, 1.54) is 0 Å². The van der Waals surface area contributed by atoms with E-state index in [1.54, 1.807) is 0 Å². The molecule has 9 heteroatoms. The van der Waals surface area contributed by atoms with E-state index in [0.29, 0.717) is 0 Å². The van der Waals surface area contributed by atoms with Crippen molar-refractivity contribution in [1.29, 1.82) is 0 Å². The number of phosphoric acid groups is 1. The third-order valence-electron chi connectivity index (χ3n) is 1.32. The Labute approximate surface area is 79.0 Å². The van der Waals surface area contributed by atoms with Gasteiger partial charge in [-0.05, 0) is 0 Å². The summed E-state index contributed by atoms with van der Waals surface area (Å²) in [4.78, 5) is 26.6. The van der Waals surface area contributed by atoms with E-state index in [9.17, 15) is 9.36 Å². The molecule has 0 aliphatic heterocycles. The molecule has 0 aliphatic rings. The van der Waals surface area contributed by atoms with Crippen molar-refractivity contribution in [2.75, 3.05) is 6.61 Å². The Morgan fingerprint density at radius 3 is 2.14 bits per heavy atom. The highest BCUT2D eigenvalue weighted by molar-refractivity contribution is 7.46. The Bertz CT molecular complexity index is 224. The number of hydrogen-bond donors (Lipinski definition) is 5. The van der Waals surface area contributed by atoms with Gasteiger partial charge in [-0.2, -0.15) is 0 Å². The molecule has 0 rings (SSSR count). The predicted octanol–water partition coefficient (Wildman–Crippen LogP) is -2.62. The summed E-state index contributed by atoms with van der Waals surface area (Å²) in [7, 11) is -4.89. The second kappa shape index (κ2) is 5.52. The van der Waals surface area contributed by atoms with Crippen LogP contribution in [-0.4, -0.2) is 56.3 Å². The van der Waals surface area contributed by atoms with Gasteiger partial charge in [0.1, 0.15) is 18.3 Å². The fourth-order valence-corrected chi connectivity index (χ4v) is 1.22. The van der Waals surface area contributed by atoms with Crippen molar-refractivity contribution in [2.45, 2.75) is 18.3 Å². The second-order valence-electron chi connectivity index (χ2n) is 2.43. The van der Waals surface area contributed by atoms with Gasteiger partial charge in [0.15, 0.2) is 6.29 Å². The number of hydrogen-bond acceptors (Lipinski definition) is 6. The molecule has 0 aromatic rings. The maximum atomic E-state index is 10.3. The van der Waals surface area contributed by atoms with Crippen LogP contribution < -0.4 is 0 Å². The molecule has 8 nitrogen and oxygen atoms in total. The summed E-state index contributed by atoms with van der Waals surface area (Å²) >= 11 is 0. The number of carbonyl (C=O) groups is 1. The number of aliphatic hydroxyl groups excluding tert-OH is 3. The van der Waals surface area contributed by atoms with Crippen LogP contribution in [0, 0.1) is 0 Å². The first-order valence-electron chi connectivity index (χ1n) is 3.48. The van der Waals surface area contributed by atoms with Gasteiger partial charge in [0.05, 0.1) is 6.61 Å². The zero-order chi connectivity index (χ0) is 11.4. The molecule has 0 fully saturated rings. The first kappa shape index (κ1) is 13.7. The smallest absolute Gasteiger partial charge is 0.394 e. The van der Waals surface area contributed by atoms with Crippen LogP contribution in [0.1, 0.15) is 0 Å². The highest BCUT2D eigenvalue weighted by atomic mass is 31.2. The topological polar surface area (TPSA) is 145 Å². The van der Waals surface area contributed by atoms with Crippen LogP contribution in [0.15, 0.2) is 0 Å². The molecule has 0 aliphatic carbocycles. The first-order valence-corrected chi connectivity index (χ1v) is 5.01. The molecular weight excluding hydrogens is 219 g/mol. The van der Waals surface area contributed by atoms with Crippen molar-refractivity contribution >= 4 is 14.1 Å². The van der Waals surface area contributed by atoms with Crippen molar-refractivity contribution in [3.63, 3.8) is 0 Å². The van der Waals surface area contributed by atoms with E-state index in [4.69, 9.17) is 25.1 Å². The fourth-order valence-electron chi connectivity index (χ4n) is 0.680. The van der Waals surface area contributed by atoms with Crippen LogP contribution in [0.2, 0.25) is 0 Å². The van der Waals surface area contributed by atoms with Gasteiger partial charge in [0.25, 0.3) is 0 Å². The average Bonchev–Trinajstić information content (AvgIpc) is 2.10. The monoisotopic (exact) mass is 230 g/mol. The minimum atomic E-state index is -4.89. The summed E-state index contributed by atoms with van der Waals surface area (Å²) in [5, 5.41) is 26.3. The highest BCUT2D eigenvalue weighted by Crippen LogP contribution is 2.38. The summed E-state index contributed by atoms with van der Waals surface area (Å²) < 4.78 is 14.2. The van der Waals surface area contributed by atoms with Crippen LogP contribution in [0.3, 0.4) is 0 Å². The summed E-state index contributed by atoms with van der Waals surface area (Å²) in [6.07, 6.45) is -5.55. The van der Waals surface area contributed by atoms with Crippen LogP contribution in [0.5, 0.6) is 0 Å². The molecular formula is C5H11O8P. The lowest BCUT2D eigenvalue weighted by molar-refractivity contribution is -0.127. The second-order valence-corrected chi connectivity index (χ2v) is 3.63. The van der Waals surface area contributed by atoms with Crippen molar-refractivity contribution in [3.8, 4) is 0 Å². The Morgan fingerprint density at radius 2 is 1.86 bits per heavy atom. The largest absolute Gasteiger partial charge is 0.470 e. The van der Waals surface area contributed by atoms with E-state index in [0.717, 1.165) is 0 Å². The van der Waals surface area contributed by atoms with Gasteiger partial charge in [-0.1, -0.05) is 0 Å². The summed E-state index contributed by atoms with van der Waals surface area (Å²) in [5.74, 6) is 0. The van der Waals surface area contributed by atoms with Gasteiger partial charge in [-0.25, -0.2) is 4.57 Å². The van der Waals surface area contributed by atoms with Gasteiger partial charge < -0.3 is 29.9 Å². The molecule has 84 valence electrons. The van der Waals surface area contributed by atoms with Crippen LogP contribution >= 0.6 is 7.82 Å². The first-order chi connectivity index (χ1) is 6.31. The SMILES string of the molecule is O=CC(O)C(O)C(CO)OP(=O)(O)O. The van der Waals surface area contributed by atoms with E-state index in [1.807, 2.05) is 0 Å². The third-order valence-corrected chi connectivity index (χ3v) is 1.87. The molecule has 0 bridgehead atoms. The average molecular weight is 230 g/mol. The Morgan fingerprint density at radius 1 is 1.36 bits per heavy atom. The number of carbonyl (C=O) groups excluding carboxylic acids is 1. The number of phosphoric ester groups is 1. The van der Waals surface area contributed by atoms with Crippen molar-refractivity contribution in [2.24, 2.45) is 0 Å². The Hall–Kier alpha value is -0.340. The van der Waals surface area contributed by atoms with Crippen LogP contribution in [-0.2, 0) is 13.9 Å². The highest BCUT2D eigenvalue weighted by Gasteiger charge is 2.31. The Balaban J connectivity index is 4.40. The van der Waals surface area contributed by atoms with E-state index in [2.05, 4.69) is 4.52 Å². The summed E-state index contributed by atoms with van der Waals surface area (Å²) in [5.41, 5.74) is 0. The summed E-state index contributed by atoms with van der Waals surface area (Å²) in [6.45, 7) is -0.947. The lowest BCUT2D eigenvalue weighted by Gasteiger charge is -2.22. The number of aldehydes is 1. The standard InChI is InChI=1S/C5H11O8P/c6-1-3(8)5(9)4(2-7)13-14(10,11)12/h1,3-5,7-9H,2H2,(H2,10,11,12). The molecule has 3 atom stereocenters. The molecule has 0 amide bonds. The van der Waals surface area contributed by atoms with E-state index >= 15 is 0 Å². The molecule has 5 N–H and O–H groups in total. The zero-order valence-corrected chi connectivity index (χ0v) is 7.82. The van der Waals surface area contributed by atoms with Crippen LogP contribution in [0.25, 0.3) is 0 Å². The molecule has 14 heavy (non-hydrogen) atoms.